The number of carbonyl (C=O) groups is 3. The molecule has 16 heteroatoms. The molecule has 0 amide bonds. The Kier molecular flexibility index (Phi) is 6.01. The highest BCUT2D eigenvalue weighted by atomic mass is 35.5. The van der Waals surface area contributed by atoms with E-state index in [1.165, 1.54) is 0 Å². The standard InChI is InChI=1S/C16H20ClN5O10/c17-16(18)10-12(19-4-21-16)22(5-20-10)13-15(31,3-9(28)29)14(30,2-8(26)27)11(32-13)6(23)1-7(24)25/h4,6,11,13,23,30-31H,1-3,5,18H2,(H,24,25)(H,26,27)(H,28,29)/t6?,11-,13-,14-,15+,16?/m1/s1. The molecular weight excluding hydrogens is 458 g/mol. The van der Waals surface area contributed by atoms with Crippen molar-refractivity contribution in [2.24, 2.45) is 20.7 Å². The van der Waals surface area contributed by atoms with Crippen LogP contribution in [0.2, 0.25) is 0 Å². The number of alkyl halides is 1. The molecule has 0 spiro atoms. The lowest BCUT2D eigenvalue weighted by atomic mass is 9.73. The van der Waals surface area contributed by atoms with Crippen LogP contribution in [0, 0.1) is 0 Å². The zero-order valence-corrected chi connectivity index (χ0v) is 17.0. The quantitative estimate of drug-likeness (QED) is 0.136. The van der Waals surface area contributed by atoms with Crippen LogP contribution in [0.25, 0.3) is 0 Å². The van der Waals surface area contributed by atoms with E-state index in [1.54, 1.807) is 0 Å². The van der Waals surface area contributed by atoms with Crippen LogP contribution in [0.1, 0.15) is 19.3 Å². The fourth-order valence-corrected chi connectivity index (χ4v) is 4.23. The van der Waals surface area contributed by atoms with Crippen LogP contribution >= 0.6 is 11.6 Å². The molecule has 3 rings (SSSR count). The first-order valence-corrected chi connectivity index (χ1v) is 9.45. The zero-order chi connectivity index (χ0) is 24.1. The summed E-state index contributed by atoms with van der Waals surface area (Å²) in [4.78, 5) is 46.9. The number of hydrogen-bond acceptors (Lipinski definition) is 12. The predicted molar refractivity (Wildman–Crippen MR) is 104 cm³/mol. The SMILES string of the molecule is NC1(Cl)N=CN=C2C1=NCN2[C@@H]1O[C@H](C(O)CC(=O)O)[C@](O)(CC(=O)O)[C@]1(O)CC(=O)O. The Balaban J connectivity index is 2.10. The van der Waals surface area contributed by atoms with Gasteiger partial charge in [-0.3, -0.25) is 25.1 Å². The molecule has 3 heterocycles. The summed E-state index contributed by atoms with van der Waals surface area (Å²) in [7, 11) is 0. The molecule has 2 unspecified atom stereocenters. The molecule has 0 radical (unpaired) electrons. The highest BCUT2D eigenvalue weighted by molar-refractivity contribution is 6.56. The second-order valence-corrected chi connectivity index (χ2v) is 8.13. The van der Waals surface area contributed by atoms with Crippen LogP contribution in [0.5, 0.6) is 0 Å². The van der Waals surface area contributed by atoms with Crippen molar-refractivity contribution >= 4 is 47.4 Å². The van der Waals surface area contributed by atoms with E-state index < -0.39 is 71.9 Å². The maximum absolute atomic E-state index is 11.6. The Hall–Kier alpha value is -2.69. The van der Waals surface area contributed by atoms with Gasteiger partial charge in [0.2, 0.25) is 5.12 Å². The molecule has 1 saturated heterocycles. The lowest BCUT2D eigenvalue weighted by Gasteiger charge is -2.42. The van der Waals surface area contributed by atoms with Crippen molar-refractivity contribution in [2.45, 2.75) is 54.0 Å². The van der Waals surface area contributed by atoms with Gasteiger partial charge >= 0.3 is 17.9 Å². The van der Waals surface area contributed by atoms with E-state index in [0.717, 1.165) is 11.2 Å². The van der Waals surface area contributed by atoms with Gasteiger partial charge < -0.3 is 40.3 Å². The average molecular weight is 478 g/mol. The van der Waals surface area contributed by atoms with Crippen molar-refractivity contribution in [1.82, 2.24) is 4.90 Å². The molecule has 176 valence electrons. The molecule has 1 fully saturated rings. The van der Waals surface area contributed by atoms with Gasteiger partial charge in [0.15, 0.2) is 17.7 Å². The van der Waals surface area contributed by atoms with Crippen LogP contribution in [0.15, 0.2) is 15.0 Å². The Morgan fingerprint density at radius 3 is 2.34 bits per heavy atom. The number of carboxylic acids is 3. The number of halogens is 1. The summed E-state index contributed by atoms with van der Waals surface area (Å²) in [6, 6.07) is 0. The second kappa shape index (κ2) is 8.02. The molecule has 8 N–H and O–H groups in total. The third-order valence-corrected chi connectivity index (χ3v) is 5.66. The summed E-state index contributed by atoms with van der Waals surface area (Å²) < 4.78 is 5.56. The molecule has 0 aromatic rings. The average Bonchev–Trinajstić information content (AvgIpc) is 3.12. The summed E-state index contributed by atoms with van der Waals surface area (Å²) in [5.41, 5.74) is -0.0440. The van der Waals surface area contributed by atoms with E-state index in [-0.39, 0.29) is 18.2 Å². The number of aliphatic hydroxyl groups excluding tert-OH is 1. The van der Waals surface area contributed by atoms with E-state index in [9.17, 15) is 39.9 Å². The Morgan fingerprint density at radius 2 is 1.78 bits per heavy atom. The maximum atomic E-state index is 11.6. The molecule has 15 nitrogen and oxygen atoms in total. The van der Waals surface area contributed by atoms with Gasteiger partial charge in [-0.05, 0) is 0 Å². The van der Waals surface area contributed by atoms with Crippen molar-refractivity contribution in [3.05, 3.63) is 0 Å². The number of hydrogen-bond donors (Lipinski definition) is 7. The van der Waals surface area contributed by atoms with Crippen molar-refractivity contribution in [1.29, 1.82) is 0 Å². The highest BCUT2D eigenvalue weighted by Gasteiger charge is 2.71. The van der Waals surface area contributed by atoms with Crippen LogP contribution in [0.4, 0.5) is 0 Å². The largest absolute Gasteiger partial charge is 0.481 e. The number of carboxylic acid groups (broad SMARTS) is 3. The van der Waals surface area contributed by atoms with Crippen molar-refractivity contribution in [3.8, 4) is 0 Å². The fraction of sp³-hybridized carbons (Fsp3) is 0.625. The minimum Gasteiger partial charge on any atom is -0.481 e. The molecule has 0 bridgehead atoms. The molecule has 0 aromatic heterocycles. The van der Waals surface area contributed by atoms with E-state index in [4.69, 9.17) is 27.2 Å². The third kappa shape index (κ3) is 3.82. The molecule has 3 aliphatic heterocycles. The number of aliphatic carboxylic acids is 3. The summed E-state index contributed by atoms with van der Waals surface area (Å²) in [6.45, 7) is -0.360. The normalized spacial score (nSPS) is 37.0. The predicted octanol–water partition coefficient (Wildman–Crippen LogP) is -3.04. The van der Waals surface area contributed by atoms with Gasteiger partial charge in [-0.1, -0.05) is 11.6 Å². The van der Waals surface area contributed by atoms with Gasteiger partial charge in [0.1, 0.15) is 30.4 Å². The van der Waals surface area contributed by atoms with E-state index in [0.29, 0.717) is 0 Å². The Bertz CT molecular complexity index is 938. The molecule has 0 aliphatic carbocycles. The zero-order valence-electron chi connectivity index (χ0n) is 16.2. The number of nitrogens with zero attached hydrogens (tertiary/aromatic N) is 4. The summed E-state index contributed by atoms with van der Waals surface area (Å²) in [5, 5.41) is 58.9. The van der Waals surface area contributed by atoms with Crippen molar-refractivity contribution in [3.63, 3.8) is 0 Å². The number of aliphatic hydroxyl groups is 3. The lowest BCUT2D eigenvalue weighted by molar-refractivity contribution is -0.189. The highest BCUT2D eigenvalue weighted by Crippen LogP contribution is 2.48. The van der Waals surface area contributed by atoms with E-state index >= 15 is 0 Å². The molecule has 0 aromatic carbocycles. The number of rotatable bonds is 8. The van der Waals surface area contributed by atoms with Crippen molar-refractivity contribution in [2.75, 3.05) is 6.67 Å². The summed E-state index contributed by atoms with van der Waals surface area (Å²) >= 11 is 6.07. The first-order chi connectivity index (χ1) is 14.7. The molecule has 32 heavy (non-hydrogen) atoms. The van der Waals surface area contributed by atoms with Crippen LogP contribution < -0.4 is 5.73 Å². The minimum atomic E-state index is -2.93. The number of nitrogens with two attached hydrogens (primary N) is 1. The Morgan fingerprint density at radius 1 is 1.19 bits per heavy atom. The number of aliphatic imine (C=N–C) groups is 3. The lowest BCUT2D eigenvalue weighted by Crippen LogP contribution is -2.66. The second-order valence-electron chi connectivity index (χ2n) is 7.55. The topological polar surface area (TPSA) is 248 Å². The molecule has 6 atom stereocenters. The summed E-state index contributed by atoms with van der Waals surface area (Å²) in [6.07, 6.45) is -8.39. The van der Waals surface area contributed by atoms with Crippen molar-refractivity contribution < 1.29 is 49.8 Å². The molecule has 3 aliphatic rings. The Labute approximate surface area is 184 Å². The maximum Gasteiger partial charge on any atom is 0.306 e. The monoisotopic (exact) mass is 477 g/mol. The van der Waals surface area contributed by atoms with E-state index in [1.807, 2.05) is 0 Å². The van der Waals surface area contributed by atoms with Gasteiger partial charge in [-0.2, -0.15) is 0 Å². The smallest absolute Gasteiger partial charge is 0.306 e. The molecule has 0 saturated carbocycles. The van der Waals surface area contributed by atoms with Gasteiger partial charge in [-0.25, -0.2) is 9.98 Å². The van der Waals surface area contributed by atoms with Gasteiger partial charge in [-0.15, -0.1) is 0 Å². The van der Waals surface area contributed by atoms with Gasteiger partial charge in [0.25, 0.3) is 0 Å². The number of ether oxygens (including phenoxy) is 1. The first kappa shape index (κ1) is 24.0. The first-order valence-electron chi connectivity index (χ1n) is 9.08. The van der Waals surface area contributed by atoms with Crippen LogP contribution in [-0.4, -0.2) is 113 Å². The fourth-order valence-electron chi connectivity index (χ4n) is 4.04. The minimum absolute atomic E-state index is 0.0701. The van der Waals surface area contributed by atoms with Crippen LogP contribution in [0.3, 0.4) is 0 Å². The van der Waals surface area contributed by atoms with E-state index in [2.05, 4.69) is 15.0 Å². The number of amidine groups is 1. The summed E-state index contributed by atoms with van der Waals surface area (Å²) in [5.74, 6) is -4.93. The number of fused-ring (bicyclic) bond motifs is 1. The van der Waals surface area contributed by atoms with Gasteiger partial charge in [0.05, 0.1) is 25.4 Å². The van der Waals surface area contributed by atoms with Gasteiger partial charge in [0, 0.05) is 0 Å². The third-order valence-electron chi connectivity index (χ3n) is 5.38. The molecular formula is C16H20ClN5O10. The van der Waals surface area contributed by atoms with Crippen LogP contribution in [-0.2, 0) is 19.1 Å².